The number of carbonyl (C=O) groups excluding carboxylic acids is 1. The maximum Gasteiger partial charge on any atom is 0.271 e. The van der Waals surface area contributed by atoms with Gasteiger partial charge in [-0.1, -0.05) is 34.4 Å². The molecule has 0 aliphatic carbocycles. The van der Waals surface area contributed by atoms with E-state index < -0.39 is 22.8 Å². The molecule has 0 aromatic heterocycles. The molecule has 0 bridgehead atoms. The van der Waals surface area contributed by atoms with Crippen LogP contribution in [0.5, 0.6) is 0 Å². The zero-order valence-corrected chi connectivity index (χ0v) is 14.4. The van der Waals surface area contributed by atoms with Crippen molar-refractivity contribution in [3.63, 3.8) is 0 Å². The van der Waals surface area contributed by atoms with E-state index in [1.54, 1.807) is 0 Å². The normalized spacial score (nSPS) is 16.0. The summed E-state index contributed by atoms with van der Waals surface area (Å²) in [6.07, 6.45) is -0.996. The number of hydrogen-bond donors (Lipinski definition) is 1. The fraction of sp³-hybridized carbons (Fsp3) is 0.125. The predicted octanol–water partition coefficient (Wildman–Crippen LogP) is 4.17. The fourth-order valence-corrected chi connectivity index (χ4v) is 2.87. The highest BCUT2D eigenvalue weighted by Crippen LogP contribution is 2.29. The molecule has 2 aromatic carbocycles. The van der Waals surface area contributed by atoms with Gasteiger partial charge in [-0.2, -0.15) is 0 Å². The molecule has 1 heterocycles. The van der Waals surface area contributed by atoms with Crippen LogP contribution in [0.1, 0.15) is 12.0 Å². The minimum Gasteiger partial charge on any atom is -0.382 e. The minimum absolute atomic E-state index is 0.00355. The molecule has 0 saturated carbocycles. The van der Waals surface area contributed by atoms with E-state index in [2.05, 4.69) is 10.5 Å². The Bertz CT molecular complexity index is 915. The number of nitrogens with zero attached hydrogens (tertiary/aromatic N) is 2. The summed E-state index contributed by atoms with van der Waals surface area (Å²) in [4.78, 5) is 27.5. The Hall–Kier alpha value is -2.71. The van der Waals surface area contributed by atoms with Gasteiger partial charge >= 0.3 is 0 Å². The van der Waals surface area contributed by atoms with E-state index in [1.807, 2.05) is 0 Å². The zero-order valence-electron chi connectivity index (χ0n) is 12.9. The summed E-state index contributed by atoms with van der Waals surface area (Å²) in [5, 5.41) is 17.1. The molecule has 26 heavy (non-hydrogen) atoms. The van der Waals surface area contributed by atoms with Gasteiger partial charge in [-0.05, 0) is 18.2 Å². The van der Waals surface area contributed by atoms with Crippen LogP contribution < -0.4 is 5.32 Å². The Labute approximate surface area is 156 Å². The molecular formula is C16H10Cl2FN3O4. The van der Waals surface area contributed by atoms with Gasteiger partial charge in [0.25, 0.3) is 11.6 Å². The van der Waals surface area contributed by atoms with Gasteiger partial charge in [0.15, 0.2) is 0 Å². The maximum atomic E-state index is 13.9. The molecule has 1 aliphatic rings. The van der Waals surface area contributed by atoms with Crippen LogP contribution in [0.2, 0.25) is 10.0 Å². The van der Waals surface area contributed by atoms with E-state index in [1.165, 1.54) is 30.3 Å². The van der Waals surface area contributed by atoms with Crippen LogP contribution in [0, 0.1) is 15.9 Å². The quantitative estimate of drug-likeness (QED) is 0.618. The highest BCUT2D eigenvalue weighted by molar-refractivity contribution is 6.35. The highest BCUT2D eigenvalue weighted by atomic mass is 35.5. The third-order valence-electron chi connectivity index (χ3n) is 3.63. The summed E-state index contributed by atoms with van der Waals surface area (Å²) in [5.41, 5.74) is 0.272. The Morgan fingerprint density at radius 3 is 2.73 bits per heavy atom. The van der Waals surface area contributed by atoms with Crippen molar-refractivity contribution in [3.8, 4) is 0 Å². The van der Waals surface area contributed by atoms with Gasteiger partial charge < -0.3 is 10.2 Å². The molecule has 10 heteroatoms. The van der Waals surface area contributed by atoms with E-state index in [9.17, 15) is 19.3 Å². The Kier molecular flexibility index (Phi) is 5.06. The van der Waals surface area contributed by atoms with Crippen molar-refractivity contribution in [1.29, 1.82) is 0 Å². The summed E-state index contributed by atoms with van der Waals surface area (Å²) in [6, 6.07) is 7.83. The largest absolute Gasteiger partial charge is 0.382 e. The molecule has 0 fully saturated rings. The Morgan fingerprint density at radius 2 is 2.08 bits per heavy atom. The van der Waals surface area contributed by atoms with Crippen LogP contribution in [-0.4, -0.2) is 22.6 Å². The van der Waals surface area contributed by atoms with Crippen molar-refractivity contribution in [1.82, 2.24) is 0 Å². The third-order valence-corrected chi connectivity index (χ3v) is 4.26. The van der Waals surface area contributed by atoms with E-state index >= 15 is 0 Å². The lowest BCUT2D eigenvalue weighted by atomic mass is 10.0. The number of anilines is 1. The van der Waals surface area contributed by atoms with E-state index in [0.717, 1.165) is 6.07 Å². The monoisotopic (exact) mass is 397 g/mol. The van der Waals surface area contributed by atoms with Crippen molar-refractivity contribution in [2.24, 2.45) is 5.16 Å². The molecule has 0 spiro atoms. The van der Waals surface area contributed by atoms with Crippen LogP contribution in [0.4, 0.5) is 15.8 Å². The smallest absolute Gasteiger partial charge is 0.271 e. The number of nitro benzene ring substituents is 1. The average molecular weight is 398 g/mol. The molecule has 0 radical (unpaired) electrons. The lowest BCUT2D eigenvalue weighted by Gasteiger charge is -2.11. The highest BCUT2D eigenvalue weighted by Gasteiger charge is 2.31. The Balaban J connectivity index is 1.71. The number of nitro groups is 1. The molecule has 0 unspecified atom stereocenters. The first-order valence-corrected chi connectivity index (χ1v) is 8.04. The fourth-order valence-electron chi connectivity index (χ4n) is 2.37. The van der Waals surface area contributed by atoms with Crippen molar-refractivity contribution in [2.75, 3.05) is 5.32 Å². The summed E-state index contributed by atoms with van der Waals surface area (Å²) in [7, 11) is 0. The van der Waals surface area contributed by atoms with Crippen molar-refractivity contribution < 1.29 is 18.9 Å². The van der Waals surface area contributed by atoms with E-state index in [-0.39, 0.29) is 39.1 Å². The van der Waals surface area contributed by atoms with Crippen molar-refractivity contribution in [2.45, 2.75) is 12.5 Å². The van der Waals surface area contributed by atoms with E-state index in [4.69, 9.17) is 28.0 Å². The predicted molar refractivity (Wildman–Crippen MR) is 94.2 cm³/mol. The van der Waals surface area contributed by atoms with Gasteiger partial charge in [0.2, 0.25) is 6.10 Å². The third kappa shape index (κ3) is 3.61. The number of benzene rings is 2. The van der Waals surface area contributed by atoms with Gasteiger partial charge in [0, 0.05) is 18.6 Å². The second-order valence-corrected chi connectivity index (χ2v) is 6.16. The molecular weight excluding hydrogens is 388 g/mol. The van der Waals surface area contributed by atoms with Gasteiger partial charge in [-0.15, -0.1) is 0 Å². The van der Waals surface area contributed by atoms with Crippen molar-refractivity contribution in [3.05, 3.63) is 67.9 Å². The zero-order chi connectivity index (χ0) is 18.8. The minimum atomic E-state index is -1.01. The summed E-state index contributed by atoms with van der Waals surface area (Å²) >= 11 is 11.9. The summed E-state index contributed by atoms with van der Waals surface area (Å²) in [6.45, 7) is 0. The van der Waals surface area contributed by atoms with Gasteiger partial charge in [0.05, 0.1) is 31.9 Å². The standard InChI is InChI=1S/C16H10Cl2FN3O4/c17-9-2-1-3-11(19)15(9)13-7-14(26-21-13)16(23)20-12-5-4-8(22(24)25)6-10(12)18/h1-6,14H,7H2,(H,20,23)/t14-/m0/s1. The lowest BCUT2D eigenvalue weighted by molar-refractivity contribution is -0.384. The van der Waals surface area contributed by atoms with Crippen LogP contribution in [0.25, 0.3) is 0 Å². The summed E-state index contributed by atoms with van der Waals surface area (Å²) < 4.78 is 13.9. The topological polar surface area (TPSA) is 93.8 Å². The first kappa shape index (κ1) is 18.1. The van der Waals surface area contributed by atoms with Crippen LogP contribution in [0.15, 0.2) is 41.6 Å². The number of carbonyl (C=O) groups is 1. The van der Waals surface area contributed by atoms with Gasteiger partial charge in [-0.3, -0.25) is 14.9 Å². The number of halogens is 3. The molecule has 7 nitrogen and oxygen atoms in total. The molecule has 1 atom stereocenters. The first-order chi connectivity index (χ1) is 12.4. The number of nitrogens with one attached hydrogen (secondary N) is 1. The number of oxime groups is 1. The van der Waals surface area contributed by atoms with Gasteiger partial charge in [-0.25, -0.2) is 4.39 Å². The Morgan fingerprint density at radius 1 is 1.31 bits per heavy atom. The number of non-ortho nitro benzene ring substituents is 1. The van der Waals surface area contributed by atoms with Crippen LogP contribution >= 0.6 is 23.2 Å². The molecule has 1 N–H and O–H groups in total. The molecule has 2 aromatic rings. The van der Waals surface area contributed by atoms with Gasteiger partial charge in [0.1, 0.15) is 5.82 Å². The maximum absolute atomic E-state index is 13.9. The van der Waals surface area contributed by atoms with E-state index in [0.29, 0.717) is 0 Å². The average Bonchev–Trinajstić information content (AvgIpc) is 3.06. The lowest BCUT2D eigenvalue weighted by Crippen LogP contribution is -2.28. The molecule has 3 rings (SSSR count). The second kappa shape index (κ2) is 7.27. The number of hydrogen-bond acceptors (Lipinski definition) is 5. The number of rotatable bonds is 4. The summed E-state index contributed by atoms with van der Waals surface area (Å²) in [5.74, 6) is -1.15. The van der Waals surface area contributed by atoms with Crippen molar-refractivity contribution >= 4 is 46.2 Å². The molecule has 134 valence electrons. The molecule has 1 amide bonds. The van der Waals surface area contributed by atoms with Crippen LogP contribution in [-0.2, 0) is 9.63 Å². The second-order valence-electron chi connectivity index (χ2n) is 5.34. The molecule has 1 aliphatic heterocycles. The number of amides is 1. The SMILES string of the molecule is O=C(Nc1ccc([N+](=O)[O-])cc1Cl)[C@@H]1CC(c2c(F)cccc2Cl)=NO1. The molecule has 0 saturated heterocycles. The first-order valence-electron chi connectivity index (χ1n) is 7.28. The van der Waals surface area contributed by atoms with Crippen LogP contribution in [0.3, 0.4) is 0 Å².